The number of aryl methyl sites for hydroxylation is 2. The molecule has 2 aromatic rings. The highest BCUT2D eigenvalue weighted by Crippen LogP contribution is 2.25. The van der Waals surface area contributed by atoms with Crippen molar-refractivity contribution in [1.29, 1.82) is 0 Å². The summed E-state index contributed by atoms with van der Waals surface area (Å²) in [6, 6.07) is 5.15. The fourth-order valence-electron chi connectivity index (χ4n) is 1.59. The van der Waals surface area contributed by atoms with Crippen LogP contribution in [0.5, 0.6) is 0 Å². The average molecular weight is 315 g/mol. The van der Waals surface area contributed by atoms with Crippen LogP contribution in [0, 0.1) is 6.92 Å². The number of aromatic nitrogens is 2. The number of hydrogen-bond donors (Lipinski definition) is 2. The van der Waals surface area contributed by atoms with E-state index in [0.29, 0.717) is 20.8 Å². The molecule has 0 fully saturated rings. The highest BCUT2D eigenvalue weighted by molar-refractivity contribution is 7.80. The van der Waals surface area contributed by atoms with E-state index in [1.165, 1.54) is 0 Å². The first kappa shape index (κ1) is 14.1. The van der Waals surface area contributed by atoms with Gasteiger partial charge >= 0.3 is 0 Å². The molecule has 2 rings (SSSR count). The van der Waals surface area contributed by atoms with Gasteiger partial charge in [0.2, 0.25) is 0 Å². The third kappa shape index (κ3) is 3.59. The van der Waals surface area contributed by atoms with Crippen LogP contribution in [0.25, 0.3) is 0 Å². The van der Waals surface area contributed by atoms with Crippen LogP contribution in [-0.4, -0.2) is 14.9 Å². The largest absolute Gasteiger partial charge is 0.331 e. The first-order valence-electron chi connectivity index (χ1n) is 5.49. The number of anilines is 2. The van der Waals surface area contributed by atoms with Crippen molar-refractivity contribution in [2.24, 2.45) is 7.05 Å². The van der Waals surface area contributed by atoms with Crippen LogP contribution in [0.15, 0.2) is 24.4 Å². The standard InChI is InChI=1S/C12H12Cl2N4S/c1-7-11(6-18(2)17-7)16-12(19)15-10-5-8(13)3-4-9(10)14/h3-6H,1-2H3,(H2,15,16,19). The molecule has 0 aliphatic rings. The van der Waals surface area contributed by atoms with Crippen molar-refractivity contribution in [2.45, 2.75) is 6.92 Å². The van der Waals surface area contributed by atoms with Gasteiger partial charge in [0.15, 0.2) is 5.11 Å². The van der Waals surface area contributed by atoms with Crippen LogP contribution < -0.4 is 10.6 Å². The van der Waals surface area contributed by atoms with E-state index in [0.717, 1.165) is 11.4 Å². The Hall–Kier alpha value is -1.30. The molecule has 0 bridgehead atoms. The molecule has 1 aromatic carbocycles. The minimum Gasteiger partial charge on any atom is -0.331 e. The third-order valence-electron chi connectivity index (χ3n) is 2.44. The predicted octanol–water partition coefficient (Wildman–Crippen LogP) is 3.84. The van der Waals surface area contributed by atoms with E-state index in [2.05, 4.69) is 15.7 Å². The minimum absolute atomic E-state index is 0.431. The molecular weight excluding hydrogens is 303 g/mol. The molecule has 0 amide bonds. The molecule has 0 radical (unpaired) electrons. The summed E-state index contributed by atoms with van der Waals surface area (Å²) < 4.78 is 1.71. The quantitative estimate of drug-likeness (QED) is 0.826. The van der Waals surface area contributed by atoms with E-state index in [4.69, 9.17) is 35.4 Å². The van der Waals surface area contributed by atoms with Gasteiger partial charge in [-0.2, -0.15) is 5.10 Å². The summed E-state index contributed by atoms with van der Waals surface area (Å²) in [7, 11) is 1.85. The lowest BCUT2D eigenvalue weighted by Crippen LogP contribution is -2.19. The Balaban J connectivity index is 2.09. The van der Waals surface area contributed by atoms with Crippen molar-refractivity contribution >= 4 is 51.9 Å². The third-order valence-corrected chi connectivity index (χ3v) is 3.21. The van der Waals surface area contributed by atoms with Crippen molar-refractivity contribution in [3.63, 3.8) is 0 Å². The lowest BCUT2D eigenvalue weighted by Gasteiger charge is -2.11. The summed E-state index contributed by atoms with van der Waals surface area (Å²) in [5, 5.41) is 11.9. The molecule has 2 N–H and O–H groups in total. The molecule has 4 nitrogen and oxygen atoms in total. The SMILES string of the molecule is Cc1nn(C)cc1NC(=S)Nc1cc(Cl)ccc1Cl. The number of rotatable bonds is 2. The van der Waals surface area contributed by atoms with Gasteiger partial charge in [-0.05, 0) is 37.3 Å². The smallest absolute Gasteiger partial charge is 0.175 e. The average Bonchev–Trinajstić information content (AvgIpc) is 2.62. The zero-order chi connectivity index (χ0) is 14.0. The first-order chi connectivity index (χ1) is 8.95. The van der Waals surface area contributed by atoms with E-state index in [9.17, 15) is 0 Å². The predicted molar refractivity (Wildman–Crippen MR) is 84.3 cm³/mol. The molecule has 1 heterocycles. The molecule has 1 aromatic heterocycles. The molecule has 0 aliphatic carbocycles. The molecular formula is C12H12Cl2N4S. The van der Waals surface area contributed by atoms with E-state index in [1.807, 2.05) is 20.2 Å². The second kappa shape index (κ2) is 5.77. The van der Waals surface area contributed by atoms with Crippen molar-refractivity contribution in [1.82, 2.24) is 9.78 Å². The zero-order valence-electron chi connectivity index (χ0n) is 10.4. The second-order valence-corrected chi connectivity index (χ2v) is 5.26. The number of thiocarbonyl (C=S) groups is 1. The maximum Gasteiger partial charge on any atom is 0.175 e. The number of hydrogen-bond acceptors (Lipinski definition) is 2. The van der Waals surface area contributed by atoms with Gasteiger partial charge in [-0.15, -0.1) is 0 Å². The van der Waals surface area contributed by atoms with Gasteiger partial charge in [0.25, 0.3) is 0 Å². The fraction of sp³-hybridized carbons (Fsp3) is 0.167. The summed E-state index contributed by atoms with van der Waals surface area (Å²) in [6.45, 7) is 1.90. The zero-order valence-corrected chi connectivity index (χ0v) is 12.7. The van der Waals surface area contributed by atoms with Crippen LogP contribution >= 0.6 is 35.4 Å². The maximum absolute atomic E-state index is 6.05. The van der Waals surface area contributed by atoms with Gasteiger partial charge in [0, 0.05) is 18.3 Å². The Morgan fingerprint density at radius 2 is 1.95 bits per heavy atom. The van der Waals surface area contributed by atoms with Crippen molar-refractivity contribution in [3.05, 3.63) is 40.1 Å². The molecule has 0 aliphatic heterocycles. The molecule has 100 valence electrons. The normalized spacial score (nSPS) is 10.3. The fourth-order valence-corrected chi connectivity index (χ4v) is 2.15. The first-order valence-corrected chi connectivity index (χ1v) is 6.65. The Morgan fingerprint density at radius 1 is 1.26 bits per heavy atom. The van der Waals surface area contributed by atoms with Crippen LogP contribution in [0.3, 0.4) is 0 Å². The van der Waals surface area contributed by atoms with Gasteiger partial charge in [0.05, 0.1) is 22.1 Å². The molecule has 19 heavy (non-hydrogen) atoms. The maximum atomic E-state index is 6.05. The van der Waals surface area contributed by atoms with E-state index in [-0.39, 0.29) is 0 Å². The molecule has 0 saturated heterocycles. The number of nitrogens with zero attached hydrogens (tertiary/aromatic N) is 2. The Labute approximate surface area is 126 Å². The lowest BCUT2D eigenvalue weighted by molar-refractivity contribution is 0.756. The van der Waals surface area contributed by atoms with Crippen molar-refractivity contribution < 1.29 is 0 Å². The van der Waals surface area contributed by atoms with Gasteiger partial charge in [0.1, 0.15) is 0 Å². The molecule has 0 atom stereocenters. The number of benzene rings is 1. The number of halogens is 2. The highest BCUT2D eigenvalue weighted by Gasteiger charge is 2.07. The summed E-state index contributed by atoms with van der Waals surface area (Å²) in [6.07, 6.45) is 1.85. The summed E-state index contributed by atoms with van der Waals surface area (Å²) >= 11 is 17.2. The van der Waals surface area contributed by atoms with Crippen LogP contribution in [0.1, 0.15) is 5.69 Å². The van der Waals surface area contributed by atoms with Crippen molar-refractivity contribution in [2.75, 3.05) is 10.6 Å². The van der Waals surface area contributed by atoms with Gasteiger partial charge in [-0.25, -0.2) is 0 Å². The van der Waals surface area contributed by atoms with Crippen LogP contribution in [0.2, 0.25) is 10.0 Å². The van der Waals surface area contributed by atoms with E-state index >= 15 is 0 Å². The van der Waals surface area contributed by atoms with Crippen LogP contribution in [-0.2, 0) is 7.05 Å². The molecule has 0 saturated carbocycles. The monoisotopic (exact) mass is 314 g/mol. The Kier molecular flexibility index (Phi) is 4.29. The van der Waals surface area contributed by atoms with Crippen LogP contribution in [0.4, 0.5) is 11.4 Å². The van der Waals surface area contributed by atoms with Crippen molar-refractivity contribution in [3.8, 4) is 0 Å². The molecule has 0 unspecified atom stereocenters. The van der Waals surface area contributed by atoms with Gasteiger partial charge in [-0.1, -0.05) is 23.2 Å². The van der Waals surface area contributed by atoms with Gasteiger partial charge in [-0.3, -0.25) is 4.68 Å². The topological polar surface area (TPSA) is 41.9 Å². The minimum atomic E-state index is 0.431. The summed E-state index contributed by atoms with van der Waals surface area (Å²) in [5.74, 6) is 0. The highest BCUT2D eigenvalue weighted by atomic mass is 35.5. The second-order valence-electron chi connectivity index (χ2n) is 4.01. The van der Waals surface area contributed by atoms with Gasteiger partial charge < -0.3 is 10.6 Å². The Bertz CT molecular complexity index is 624. The number of nitrogens with one attached hydrogen (secondary N) is 2. The summed E-state index contributed by atoms with van der Waals surface area (Å²) in [5.41, 5.74) is 2.37. The lowest BCUT2D eigenvalue weighted by atomic mass is 10.3. The molecule has 0 spiro atoms. The Morgan fingerprint density at radius 3 is 2.58 bits per heavy atom. The van der Waals surface area contributed by atoms with E-state index < -0.39 is 0 Å². The van der Waals surface area contributed by atoms with E-state index in [1.54, 1.807) is 22.9 Å². The molecule has 7 heteroatoms. The summed E-state index contributed by atoms with van der Waals surface area (Å²) in [4.78, 5) is 0.